The lowest BCUT2D eigenvalue weighted by Crippen LogP contribution is -2.38. The smallest absolute Gasteiger partial charge is 0.173 e. The van der Waals surface area contributed by atoms with E-state index in [1.165, 1.54) is 31.2 Å². The van der Waals surface area contributed by atoms with Crippen LogP contribution in [0.25, 0.3) is 0 Å². The third kappa shape index (κ3) is 3.32. The highest BCUT2D eigenvalue weighted by molar-refractivity contribution is 7.99. The summed E-state index contributed by atoms with van der Waals surface area (Å²) in [4.78, 5) is 2.51. The third-order valence-corrected chi connectivity index (χ3v) is 6.22. The molecule has 2 aromatic rings. The van der Waals surface area contributed by atoms with E-state index < -0.39 is 0 Å². The quantitative estimate of drug-likeness (QED) is 0.830. The molecule has 0 radical (unpaired) electrons. The molecule has 1 atom stereocenters. The molecule has 1 aliphatic heterocycles. The zero-order chi connectivity index (χ0) is 16.4. The van der Waals surface area contributed by atoms with Gasteiger partial charge in [-0.3, -0.25) is 4.90 Å². The van der Waals surface area contributed by atoms with Gasteiger partial charge in [-0.1, -0.05) is 36.6 Å². The van der Waals surface area contributed by atoms with Crippen LogP contribution in [0.4, 0.5) is 0 Å². The van der Waals surface area contributed by atoms with Crippen LogP contribution in [0.3, 0.4) is 0 Å². The second kappa shape index (κ2) is 7.42. The summed E-state index contributed by atoms with van der Waals surface area (Å²) >= 11 is 8.12. The summed E-state index contributed by atoms with van der Waals surface area (Å²) in [5.41, 5.74) is 1.22. The van der Waals surface area contributed by atoms with Crippen molar-refractivity contribution in [2.24, 2.45) is 0 Å². The van der Waals surface area contributed by atoms with E-state index in [-0.39, 0.29) is 6.04 Å². The molecule has 2 heterocycles. The van der Waals surface area contributed by atoms with Crippen LogP contribution < -0.4 is 0 Å². The fraction of sp³-hybridized carbons (Fsp3) is 0.588. The molecular formula is C17H22ClN5S. The predicted octanol–water partition coefficient (Wildman–Crippen LogP) is 3.58. The summed E-state index contributed by atoms with van der Waals surface area (Å²) in [5, 5.41) is 13.6. The minimum Gasteiger partial charge on any atom is -0.288 e. The zero-order valence-electron chi connectivity index (χ0n) is 13.6. The largest absolute Gasteiger partial charge is 0.288 e. The van der Waals surface area contributed by atoms with E-state index in [1.54, 1.807) is 0 Å². The highest BCUT2D eigenvalue weighted by atomic mass is 35.5. The number of thioether (sulfide) groups is 1. The molecule has 1 aromatic carbocycles. The van der Waals surface area contributed by atoms with Crippen molar-refractivity contribution in [3.05, 3.63) is 40.7 Å². The molecular weight excluding hydrogens is 342 g/mol. The lowest BCUT2D eigenvalue weighted by atomic mass is 10.0. The Balaban J connectivity index is 1.72. The van der Waals surface area contributed by atoms with E-state index in [4.69, 9.17) is 11.6 Å². The summed E-state index contributed by atoms with van der Waals surface area (Å²) in [6.45, 7) is 2.13. The average molecular weight is 364 g/mol. The first kappa shape index (κ1) is 16.4. The van der Waals surface area contributed by atoms with Crippen molar-refractivity contribution in [1.29, 1.82) is 0 Å². The van der Waals surface area contributed by atoms with Crippen LogP contribution in [0.2, 0.25) is 5.02 Å². The Labute approximate surface area is 151 Å². The normalized spacial score (nSPS) is 21.2. The molecule has 1 aromatic heterocycles. The number of tetrazole rings is 1. The van der Waals surface area contributed by atoms with Crippen LogP contribution in [0.15, 0.2) is 24.3 Å². The summed E-state index contributed by atoms with van der Waals surface area (Å²) in [6.07, 6.45) is 4.91. The third-order valence-electron chi connectivity index (χ3n) is 5.03. The number of hydrogen-bond acceptors (Lipinski definition) is 5. The van der Waals surface area contributed by atoms with Crippen LogP contribution >= 0.6 is 23.4 Å². The molecule has 0 spiro atoms. The van der Waals surface area contributed by atoms with Crippen LogP contribution in [0, 0.1) is 0 Å². The van der Waals surface area contributed by atoms with E-state index in [0.717, 1.165) is 35.4 Å². The van der Waals surface area contributed by atoms with Crippen molar-refractivity contribution < 1.29 is 0 Å². The zero-order valence-corrected chi connectivity index (χ0v) is 15.2. The maximum atomic E-state index is 6.10. The Morgan fingerprint density at radius 2 is 1.79 bits per heavy atom. The SMILES string of the molecule is Clc1ccc([C@H](c2nnnn2C2CCCC2)N2CCSCC2)cc1. The topological polar surface area (TPSA) is 46.8 Å². The number of halogens is 1. The van der Waals surface area contributed by atoms with E-state index in [0.29, 0.717) is 6.04 Å². The van der Waals surface area contributed by atoms with E-state index in [1.807, 2.05) is 23.9 Å². The molecule has 2 aliphatic rings. The van der Waals surface area contributed by atoms with Gasteiger partial charge in [-0.05, 0) is 41.0 Å². The molecule has 0 unspecified atom stereocenters. The maximum Gasteiger partial charge on any atom is 0.173 e. The van der Waals surface area contributed by atoms with Gasteiger partial charge >= 0.3 is 0 Å². The van der Waals surface area contributed by atoms with E-state index >= 15 is 0 Å². The number of aromatic nitrogens is 4. The van der Waals surface area contributed by atoms with Gasteiger partial charge in [0.15, 0.2) is 5.82 Å². The van der Waals surface area contributed by atoms with Gasteiger partial charge in [0.05, 0.1) is 12.1 Å². The molecule has 7 heteroatoms. The molecule has 24 heavy (non-hydrogen) atoms. The molecule has 0 amide bonds. The number of nitrogens with zero attached hydrogens (tertiary/aromatic N) is 5. The van der Waals surface area contributed by atoms with Crippen molar-refractivity contribution >= 4 is 23.4 Å². The monoisotopic (exact) mass is 363 g/mol. The summed E-state index contributed by atoms with van der Waals surface area (Å²) in [5.74, 6) is 3.31. The highest BCUT2D eigenvalue weighted by Crippen LogP contribution is 2.35. The number of benzene rings is 1. The summed E-state index contributed by atoms with van der Waals surface area (Å²) in [7, 11) is 0. The first-order chi connectivity index (χ1) is 11.8. The summed E-state index contributed by atoms with van der Waals surface area (Å²) in [6, 6.07) is 8.71. The van der Waals surface area contributed by atoms with Crippen molar-refractivity contribution in [1.82, 2.24) is 25.1 Å². The van der Waals surface area contributed by atoms with Crippen LogP contribution in [0.1, 0.15) is 49.2 Å². The Morgan fingerprint density at radius 1 is 1.08 bits per heavy atom. The lowest BCUT2D eigenvalue weighted by Gasteiger charge is -2.34. The first-order valence-corrected chi connectivity index (χ1v) is 10.2. The van der Waals surface area contributed by atoms with Crippen LogP contribution in [-0.4, -0.2) is 49.7 Å². The predicted molar refractivity (Wildman–Crippen MR) is 97.5 cm³/mol. The molecule has 1 saturated heterocycles. The van der Waals surface area contributed by atoms with Crippen molar-refractivity contribution in [2.75, 3.05) is 24.6 Å². The van der Waals surface area contributed by atoms with Gasteiger partial charge in [0, 0.05) is 29.6 Å². The second-order valence-corrected chi connectivity index (χ2v) is 8.18. The Hall–Kier alpha value is -1.11. The maximum absolute atomic E-state index is 6.10. The fourth-order valence-electron chi connectivity index (χ4n) is 3.79. The number of hydrogen-bond donors (Lipinski definition) is 0. The molecule has 1 saturated carbocycles. The Kier molecular flexibility index (Phi) is 5.06. The molecule has 128 valence electrons. The van der Waals surface area contributed by atoms with E-state index in [9.17, 15) is 0 Å². The van der Waals surface area contributed by atoms with Gasteiger partial charge in [0.1, 0.15) is 0 Å². The average Bonchev–Trinajstić information content (AvgIpc) is 3.29. The molecule has 1 aliphatic carbocycles. The van der Waals surface area contributed by atoms with Gasteiger partial charge in [-0.15, -0.1) is 5.10 Å². The van der Waals surface area contributed by atoms with Crippen LogP contribution in [0.5, 0.6) is 0 Å². The first-order valence-electron chi connectivity index (χ1n) is 8.68. The van der Waals surface area contributed by atoms with Crippen LogP contribution in [-0.2, 0) is 0 Å². The second-order valence-electron chi connectivity index (χ2n) is 6.52. The highest BCUT2D eigenvalue weighted by Gasteiger charge is 2.31. The Morgan fingerprint density at radius 3 is 2.50 bits per heavy atom. The van der Waals surface area contributed by atoms with Gasteiger partial charge < -0.3 is 0 Å². The Bertz CT molecular complexity index is 662. The lowest BCUT2D eigenvalue weighted by molar-refractivity contribution is 0.230. The van der Waals surface area contributed by atoms with Gasteiger partial charge in [-0.25, -0.2) is 4.68 Å². The van der Waals surface area contributed by atoms with Crippen molar-refractivity contribution in [3.8, 4) is 0 Å². The van der Waals surface area contributed by atoms with Crippen molar-refractivity contribution in [2.45, 2.75) is 37.8 Å². The molecule has 2 fully saturated rings. The van der Waals surface area contributed by atoms with Gasteiger partial charge in [0.2, 0.25) is 0 Å². The van der Waals surface area contributed by atoms with E-state index in [2.05, 4.69) is 37.2 Å². The van der Waals surface area contributed by atoms with Gasteiger partial charge in [0.25, 0.3) is 0 Å². The molecule has 0 bridgehead atoms. The minimum atomic E-state index is 0.110. The number of rotatable bonds is 4. The molecule has 0 N–H and O–H groups in total. The minimum absolute atomic E-state index is 0.110. The standard InChI is InChI=1S/C17H22ClN5S/c18-14-7-5-13(6-8-14)16(22-9-11-24-12-10-22)17-19-20-21-23(17)15-3-1-2-4-15/h5-8,15-16H,1-4,9-12H2/t16-/m1/s1. The fourth-order valence-corrected chi connectivity index (χ4v) is 4.85. The molecule has 4 rings (SSSR count). The van der Waals surface area contributed by atoms with Crippen molar-refractivity contribution in [3.63, 3.8) is 0 Å². The summed E-state index contributed by atoms with van der Waals surface area (Å²) < 4.78 is 2.09. The van der Waals surface area contributed by atoms with Gasteiger partial charge in [-0.2, -0.15) is 11.8 Å². The molecule has 5 nitrogen and oxygen atoms in total.